The molecule has 1 aliphatic carbocycles. The molecule has 4 heteroatoms. The molecule has 1 aromatic rings. The normalized spacial score (nSPS) is 22.9. The Hall–Kier alpha value is -2.02. The molecular weight excluding hydrogens is 192 g/mol. The molecule has 2 rings (SSSR count). The highest BCUT2D eigenvalue weighted by atomic mass is 16.4. The first-order valence-corrected chi connectivity index (χ1v) is 4.71. The molecule has 0 amide bonds. The fourth-order valence-corrected chi connectivity index (χ4v) is 1.53. The zero-order valence-electron chi connectivity index (χ0n) is 7.97. The van der Waals surface area contributed by atoms with Crippen LogP contribution in [0, 0.1) is 17.2 Å². The Balaban J connectivity index is 2.07. The minimum Gasteiger partial charge on any atom is -0.481 e. The number of rotatable bonds is 3. The van der Waals surface area contributed by atoms with Crippen molar-refractivity contribution in [3.63, 3.8) is 0 Å². The lowest BCUT2D eigenvalue weighted by Crippen LogP contribution is -2.10. The van der Waals surface area contributed by atoms with E-state index in [2.05, 4.69) is 11.4 Å². The summed E-state index contributed by atoms with van der Waals surface area (Å²) in [4.78, 5) is 10.6. The van der Waals surface area contributed by atoms with Crippen molar-refractivity contribution in [2.75, 3.05) is 5.32 Å². The maximum atomic E-state index is 10.6. The number of para-hydroxylation sites is 1. The smallest absolute Gasteiger partial charge is 0.308 e. The van der Waals surface area contributed by atoms with Gasteiger partial charge in [0.2, 0.25) is 0 Å². The maximum absolute atomic E-state index is 10.6. The average Bonchev–Trinajstić information content (AvgIpc) is 2.98. The first-order chi connectivity index (χ1) is 7.22. The van der Waals surface area contributed by atoms with Crippen LogP contribution < -0.4 is 5.32 Å². The zero-order valence-corrected chi connectivity index (χ0v) is 7.97. The highest BCUT2D eigenvalue weighted by molar-refractivity contribution is 5.76. The largest absolute Gasteiger partial charge is 0.481 e. The van der Waals surface area contributed by atoms with Crippen molar-refractivity contribution in [2.45, 2.75) is 12.5 Å². The fourth-order valence-electron chi connectivity index (χ4n) is 1.53. The van der Waals surface area contributed by atoms with Crippen LogP contribution in [-0.4, -0.2) is 17.1 Å². The van der Waals surface area contributed by atoms with Crippen molar-refractivity contribution >= 4 is 11.7 Å². The lowest BCUT2D eigenvalue weighted by molar-refractivity contribution is -0.138. The molecule has 0 saturated heterocycles. The van der Waals surface area contributed by atoms with E-state index in [0.29, 0.717) is 17.7 Å². The van der Waals surface area contributed by atoms with Crippen molar-refractivity contribution in [2.24, 2.45) is 5.92 Å². The van der Waals surface area contributed by atoms with E-state index in [1.165, 1.54) is 0 Å². The quantitative estimate of drug-likeness (QED) is 0.777. The molecule has 0 bridgehead atoms. The van der Waals surface area contributed by atoms with Gasteiger partial charge in [-0.1, -0.05) is 12.1 Å². The molecule has 1 aliphatic rings. The summed E-state index contributed by atoms with van der Waals surface area (Å²) in [6.45, 7) is 0. The number of benzene rings is 1. The highest BCUT2D eigenvalue weighted by Crippen LogP contribution is 2.34. The average molecular weight is 202 g/mol. The Kier molecular flexibility index (Phi) is 2.30. The molecule has 0 aliphatic heterocycles. The minimum atomic E-state index is -0.776. The van der Waals surface area contributed by atoms with Gasteiger partial charge in [-0.05, 0) is 18.6 Å². The van der Waals surface area contributed by atoms with Gasteiger partial charge in [-0.2, -0.15) is 5.26 Å². The summed E-state index contributed by atoms with van der Waals surface area (Å²) >= 11 is 0. The molecule has 0 aromatic heterocycles. The van der Waals surface area contributed by atoms with Crippen molar-refractivity contribution in [1.82, 2.24) is 0 Å². The summed E-state index contributed by atoms with van der Waals surface area (Å²) < 4.78 is 0. The van der Waals surface area contributed by atoms with Crippen LogP contribution in [0.4, 0.5) is 5.69 Å². The molecule has 1 aromatic carbocycles. The van der Waals surface area contributed by atoms with Gasteiger partial charge in [-0.15, -0.1) is 0 Å². The molecule has 2 atom stereocenters. The summed E-state index contributed by atoms with van der Waals surface area (Å²) in [5, 5.41) is 20.6. The van der Waals surface area contributed by atoms with Crippen LogP contribution in [0.5, 0.6) is 0 Å². The molecule has 0 heterocycles. The Morgan fingerprint density at radius 1 is 1.53 bits per heavy atom. The van der Waals surface area contributed by atoms with Crippen LogP contribution in [0.1, 0.15) is 12.0 Å². The predicted octanol–water partition coefficient (Wildman–Crippen LogP) is 1.44. The lowest BCUT2D eigenvalue weighted by atomic mass is 10.2. The molecule has 15 heavy (non-hydrogen) atoms. The van der Waals surface area contributed by atoms with E-state index < -0.39 is 5.97 Å². The highest BCUT2D eigenvalue weighted by Gasteiger charge is 2.43. The maximum Gasteiger partial charge on any atom is 0.308 e. The van der Waals surface area contributed by atoms with Gasteiger partial charge in [-0.25, -0.2) is 0 Å². The molecule has 2 unspecified atom stereocenters. The van der Waals surface area contributed by atoms with Crippen LogP contribution in [0.2, 0.25) is 0 Å². The van der Waals surface area contributed by atoms with Gasteiger partial charge in [0.15, 0.2) is 0 Å². The Morgan fingerprint density at radius 2 is 2.27 bits per heavy atom. The molecule has 1 fully saturated rings. The second-order valence-corrected chi connectivity index (χ2v) is 3.59. The van der Waals surface area contributed by atoms with Crippen LogP contribution in [0.3, 0.4) is 0 Å². The first-order valence-electron chi connectivity index (χ1n) is 4.71. The topological polar surface area (TPSA) is 73.1 Å². The first kappa shape index (κ1) is 9.53. The van der Waals surface area contributed by atoms with Crippen LogP contribution in [0.25, 0.3) is 0 Å². The fraction of sp³-hybridized carbons (Fsp3) is 0.273. The number of nitriles is 1. The lowest BCUT2D eigenvalue weighted by Gasteiger charge is -2.05. The zero-order chi connectivity index (χ0) is 10.8. The monoisotopic (exact) mass is 202 g/mol. The Morgan fingerprint density at radius 3 is 2.87 bits per heavy atom. The summed E-state index contributed by atoms with van der Waals surface area (Å²) in [6.07, 6.45) is 0.634. The van der Waals surface area contributed by atoms with Crippen LogP contribution >= 0.6 is 0 Å². The summed E-state index contributed by atoms with van der Waals surface area (Å²) in [5.41, 5.74) is 1.27. The molecule has 4 nitrogen and oxygen atoms in total. The molecule has 0 radical (unpaired) electrons. The standard InChI is InChI=1S/C11H10N2O2/c12-6-7-3-1-2-4-9(7)13-10-5-8(10)11(14)15/h1-4,8,10,13H,5H2,(H,14,15). The van der Waals surface area contributed by atoms with Crippen molar-refractivity contribution in [1.29, 1.82) is 5.26 Å². The number of hydrogen-bond acceptors (Lipinski definition) is 3. The number of carboxylic acids is 1. The second-order valence-electron chi connectivity index (χ2n) is 3.59. The number of anilines is 1. The number of aliphatic carboxylic acids is 1. The van der Waals surface area contributed by atoms with E-state index in [1.807, 2.05) is 6.07 Å². The van der Waals surface area contributed by atoms with E-state index >= 15 is 0 Å². The van der Waals surface area contributed by atoms with E-state index in [-0.39, 0.29) is 12.0 Å². The third-order valence-corrected chi connectivity index (χ3v) is 2.50. The number of carboxylic acid groups (broad SMARTS) is 1. The number of carbonyl (C=O) groups is 1. The van der Waals surface area contributed by atoms with Gasteiger partial charge in [0, 0.05) is 6.04 Å². The van der Waals surface area contributed by atoms with Crippen molar-refractivity contribution in [3.8, 4) is 6.07 Å². The number of nitrogens with one attached hydrogen (secondary N) is 1. The van der Waals surface area contributed by atoms with E-state index in [4.69, 9.17) is 10.4 Å². The van der Waals surface area contributed by atoms with E-state index in [9.17, 15) is 4.79 Å². The molecule has 76 valence electrons. The number of hydrogen-bond donors (Lipinski definition) is 2. The third kappa shape index (κ3) is 1.91. The van der Waals surface area contributed by atoms with Gasteiger partial charge in [0.05, 0.1) is 17.2 Å². The molecule has 2 N–H and O–H groups in total. The summed E-state index contributed by atoms with van der Waals surface area (Å²) in [7, 11) is 0. The number of nitrogens with zero attached hydrogens (tertiary/aromatic N) is 1. The van der Waals surface area contributed by atoms with Gasteiger partial charge >= 0.3 is 5.97 Å². The van der Waals surface area contributed by atoms with Gasteiger partial charge in [0.25, 0.3) is 0 Å². The van der Waals surface area contributed by atoms with Gasteiger partial charge < -0.3 is 10.4 Å². The van der Waals surface area contributed by atoms with E-state index in [0.717, 1.165) is 0 Å². The van der Waals surface area contributed by atoms with Crippen LogP contribution in [0.15, 0.2) is 24.3 Å². The van der Waals surface area contributed by atoms with Gasteiger partial charge in [0.1, 0.15) is 6.07 Å². The second kappa shape index (κ2) is 3.62. The predicted molar refractivity (Wildman–Crippen MR) is 54.3 cm³/mol. The van der Waals surface area contributed by atoms with E-state index in [1.54, 1.807) is 18.2 Å². The third-order valence-electron chi connectivity index (χ3n) is 2.50. The van der Waals surface area contributed by atoms with Crippen molar-refractivity contribution in [3.05, 3.63) is 29.8 Å². The Bertz CT molecular complexity index is 436. The Labute approximate surface area is 87.1 Å². The van der Waals surface area contributed by atoms with Crippen molar-refractivity contribution < 1.29 is 9.90 Å². The van der Waals surface area contributed by atoms with Crippen LogP contribution in [-0.2, 0) is 4.79 Å². The molecule has 0 spiro atoms. The SMILES string of the molecule is N#Cc1ccccc1NC1CC1C(=O)O. The summed E-state index contributed by atoms with van der Waals surface area (Å²) in [5.74, 6) is -1.08. The molecule has 1 saturated carbocycles. The summed E-state index contributed by atoms with van der Waals surface area (Å²) in [6, 6.07) is 9.13. The van der Waals surface area contributed by atoms with Gasteiger partial charge in [-0.3, -0.25) is 4.79 Å². The minimum absolute atomic E-state index is 0.0306. The molecular formula is C11H10N2O2.